The van der Waals surface area contributed by atoms with Gasteiger partial charge in [-0.3, -0.25) is 5.32 Å². The number of anilines is 1. The van der Waals surface area contributed by atoms with Crippen LogP contribution >= 0.6 is 0 Å². The van der Waals surface area contributed by atoms with Gasteiger partial charge in [-0.15, -0.1) is 0 Å². The molecular formula is C11H9NO3. The first-order valence-corrected chi connectivity index (χ1v) is 4.39. The first kappa shape index (κ1) is 9.33. The molecule has 1 aromatic heterocycles. The molecule has 0 saturated heterocycles. The molecule has 0 bridgehead atoms. The average molecular weight is 203 g/mol. The van der Waals surface area contributed by atoms with E-state index in [1.807, 2.05) is 6.07 Å². The van der Waals surface area contributed by atoms with Gasteiger partial charge >= 0.3 is 6.09 Å². The van der Waals surface area contributed by atoms with Crippen LogP contribution < -0.4 is 5.32 Å². The highest BCUT2D eigenvalue weighted by molar-refractivity contribution is 5.83. The zero-order chi connectivity index (χ0) is 10.7. The van der Waals surface area contributed by atoms with Crippen molar-refractivity contribution in [1.29, 1.82) is 0 Å². The maximum Gasteiger partial charge on any atom is 0.409 e. The highest BCUT2D eigenvalue weighted by Gasteiger charge is 2.01. The molecule has 0 fully saturated rings. The summed E-state index contributed by atoms with van der Waals surface area (Å²) >= 11 is 0. The fourth-order valence-corrected chi connectivity index (χ4v) is 1.28. The second kappa shape index (κ2) is 3.88. The van der Waals surface area contributed by atoms with Crippen LogP contribution in [0, 0.1) is 0 Å². The van der Waals surface area contributed by atoms with Gasteiger partial charge in [0.05, 0.1) is 6.26 Å². The fourth-order valence-electron chi connectivity index (χ4n) is 1.28. The molecule has 0 radical (unpaired) electrons. The topological polar surface area (TPSA) is 62.5 Å². The van der Waals surface area contributed by atoms with Crippen LogP contribution in [0.4, 0.5) is 10.5 Å². The van der Waals surface area contributed by atoms with E-state index < -0.39 is 6.09 Å². The minimum atomic E-state index is -1.07. The van der Waals surface area contributed by atoms with Crippen LogP contribution in [0.3, 0.4) is 0 Å². The molecule has 76 valence electrons. The highest BCUT2D eigenvalue weighted by Crippen LogP contribution is 2.21. The molecule has 0 aliphatic carbocycles. The second-order valence-corrected chi connectivity index (χ2v) is 2.98. The lowest BCUT2D eigenvalue weighted by atomic mass is 10.1. The van der Waals surface area contributed by atoms with Crippen molar-refractivity contribution in [3.63, 3.8) is 0 Å². The lowest BCUT2D eigenvalue weighted by molar-refractivity contribution is 0.210. The van der Waals surface area contributed by atoms with Crippen LogP contribution in [0.5, 0.6) is 0 Å². The van der Waals surface area contributed by atoms with Crippen LogP contribution in [0.25, 0.3) is 11.3 Å². The Bertz CT molecular complexity index is 445. The van der Waals surface area contributed by atoms with Crippen molar-refractivity contribution < 1.29 is 14.3 Å². The maximum absolute atomic E-state index is 10.4. The third-order valence-corrected chi connectivity index (χ3v) is 1.94. The summed E-state index contributed by atoms with van der Waals surface area (Å²) in [4.78, 5) is 10.4. The number of rotatable bonds is 2. The zero-order valence-electron chi connectivity index (χ0n) is 7.81. The van der Waals surface area contributed by atoms with Crippen molar-refractivity contribution in [2.75, 3.05) is 5.32 Å². The molecule has 2 aromatic rings. The monoisotopic (exact) mass is 203 g/mol. The third-order valence-electron chi connectivity index (χ3n) is 1.94. The molecule has 1 aromatic carbocycles. The van der Waals surface area contributed by atoms with Crippen molar-refractivity contribution >= 4 is 11.8 Å². The van der Waals surface area contributed by atoms with Gasteiger partial charge in [-0.2, -0.15) is 0 Å². The van der Waals surface area contributed by atoms with Crippen LogP contribution in [0.15, 0.2) is 47.1 Å². The molecule has 0 aliphatic rings. The minimum Gasteiger partial charge on any atom is -0.465 e. The van der Waals surface area contributed by atoms with Crippen molar-refractivity contribution in [3.05, 3.63) is 42.7 Å². The Labute approximate surface area is 86.2 Å². The molecule has 0 aliphatic heterocycles. The van der Waals surface area contributed by atoms with Crippen LogP contribution in [0.1, 0.15) is 0 Å². The number of benzene rings is 1. The minimum absolute atomic E-state index is 0.540. The van der Waals surface area contributed by atoms with Crippen molar-refractivity contribution in [2.24, 2.45) is 0 Å². The van der Waals surface area contributed by atoms with Crippen molar-refractivity contribution in [3.8, 4) is 11.3 Å². The van der Waals surface area contributed by atoms with Gasteiger partial charge in [0.15, 0.2) is 0 Å². The van der Waals surface area contributed by atoms with Crippen LogP contribution in [-0.2, 0) is 0 Å². The normalized spacial score (nSPS) is 9.87. The Kier molecular flexibility index (Phi) is 2.41. The number of hydrogen-bond acceptors (Lipinski definition) is 2. The van der Waals surface area contributed by atoms with E-state index in [4.69, 9.17) is 9.52 Å². The summed E-state index contributed by atoms with van der Waals surface area (Å²) in [5.74, 6) is 0.761. The van der Waals surface area contributed by atoms with Gasteiger partial charge < -0.3 is 9.52 Å². The summed E-state index contributed by atoms with van der Waals surface area (Å²) in [6.07, 6.45) is 0.527. The van der Waals surface area contributed by atoms with E-state index >= 15 is 0 Å². The van der Waals surface area contributed by atoms with Crippen LogP contribution in [-0.4, -0.2) is 11.2 Å². The van der Waals surface area contributed by atoms with Gasteiger partial charge in [-0.05, 0) is 36.4 Å². The molecule has 2 N–H and O–H groups in total. The number of hydrogen-bond donors (Lipinski definition) is 2. The molecule has 15 heavy (non-hydrogen) atoms. The number of carbonyl (C=O) groups is 1. The Morgan fingerprint density at radius 1 is 1.20 bits per heavy atom. The lowest BCUT2D eigenvalue weighted by Gasteiger charge is -2.01. The summed E-state index contributed by atoms with van der Waals surface area (Å²) in [5.41, 5.74) is 1.45. The molecule has 1 amide bonds. The maximum atomic E-state index is 10.4. The Morgan fingerprint density at radius 3 is 2.47 bits per heavy atom. The van der Waals surface area contributed by atoms with Crippen molar-refractivity contribution in [1.82, 2.24) is 0 Å². The van der Waals surface area contributed by atoms with Gasteiger partial charge in [0, 0.05) is 11.3 Å². The fraction of sp³-hybridized carbons (Fsp3) is 0. The number of carboxylic acid groups (broad SMARTS) is 1. The number of furan rings is 1. The van der Waals surface area contributed by atoms with E-state index in [1.54, 1.807) is 36.6 Å². The standard InChI is InChI=1S/C11H9NO3/c13-11(14)12-9-5-3-8(4-6-9)10-2-1-7-15-10/h1-7,12H,(H,13,14). The average Bonchev–Trinajstić information content (AvgIpc) is 2.71. The number of amides is 1. The van der Waals surface area contributed by atoms with Crippen molar-refractivity contribution in [2.45, 2.75) is 0 Å². The predicted molar refractivity (Wildman–Crippen MR) is 55.8 cm³/mol. The van der Waals surface area contributed by atoms with Gasteiger partial charge in [-0.1, -0.05) is 0 Å². The van der Waals surface area contributed by atoms with E-state index in [2.05, 4.69) is 5.32 Å². The predicted octanol–water partition coefficient (Wildman–Crippen LogP) is 3.04. The molecule has 4 nitrogen and oxygen atoms in total. The van der Waals surface area contributed by atoms with Gasteiger partial charge in [0.1, 0.15) is 5.76 Å². The van der Waals surface area contributed by atoms with Gasteiger partial charge in [-0.25, -0.2) is 4.79 Å². The third kappa shape index (κ3) is 2.17. The lowest BCUT2D eigenvalue weighted by Crippen LogP contribution is -2.06. The van der Waals surface area contributed by atoms with E-state index in [-0.39, 0.29) is 0 Å². The Hall–Kier alpha value is -2.23. The second-order valence-electron chi connectivity index (χ2n) is 2.98. The molecule has 0 spiro atoms. The summed E-state index contributed by atoms with van der Waals surface area (Å²) < 4.78 is 5.20. The summed E-state index contributed by atoms with van der Waals surface area (Å²) in [7, 11) is 0. The molecule has 0 saturated carbocycles. The van der Waals surface area contributed by atoms with E-state index in [1.165, 1.54) is 0 Å². The Morgan fingerprint density at radius 2 is 1.93 bits per heavy atom. The molecule has 0 unspecified atom stereocenters. The molecule has 1 heterocycles. The molecular weight excluding hydrogens is 194 g/mol. The van der Waals surface area contributed by atoms with Gasteiger partial charge in [0.2, 0.25) is 0 Å². The molecule has 0 atom stereocenters. The summed E-state index contributed by atoms with van der Waals surface area (Å²) in [6, 6.07) is 10.6. The van der Waals surface area contributed by atoms with E-state index in [9.17, 15) is 4.79 Å². The Balaban J connectivity index is 2.21. The zero-order valence-corrected chi connectivity index (χ0v) is 7.81. The quantitative estimate of drug-likeness (QED) is 0.788. The van der Waals surface area contributed by atoms with Crippen LogP contribution in [0.2, 0.25) is 0 Å². The summed E-state index contributed by atoms with van der Waals surface area (Å²) in [5, 5.41) is 10.8. The first-order valence-electron chi connectivity index (χ1n) is 4.39. The highest BCUT2D eigenvalue weighted by atomic mass is 16.4. The smallest absolute Gasteiger partial charge is 0.409 e. The SMILES string of the molecule is O=C(O)Nc1ccc(-c2ccco2)cc1. The van der Waals surface area contributed by atoms with Gasteiger partial charge in [0.25, 0.3) is 0 Å². The molecule has 4 heteroatoms. The largest absolute Gasteiger partial charge is 0.465 e. The van der Waals surface area contributed by atoms with E-state index in [0.717, 1.165) is 11.3 Å². The van der Waals surface area contributed by atoms with E-state index in [0.29, 0.717) is 5.69 Å². The molecule has 2 rings (SSSR count). The first-order chi connectivity index (χ1) is 7.25. The summed E-state index contributed by atoms with van der Waals surface area (Å²) in [6.45, 7) is 0. The number of nitrogens with one attached hydrogen (secondary N) is 1.